The van der Waals surface area contributed by atoms with Gasteiger partial charge in [-0.1, -0.05) is 20.8 Å². The van der Waals surface area contributed by atoms with Gasteiger partial charge in [0.05, 0.1) is 5.76 Å². The summed E-state index contributed by atoms with van der Waals surface area (Å²) in [4.78, 5) is 0. The molecular formula is C10H16O. The topological polar surface area (TPSA) is 20.2 Å². The molecule has 0 aromatic carbocycles. The molecule has 1 fully saturated rings. The Labute approximate surface area is 68.1 Å². The van der Waals surface area contributed by atoms with Gasteiger partial charge >= 0.3 is 0 Å². The van der Waals surface area contributed by atoms with Gasteiger partial charge in [-0.25, -0.2) is 0 Å². The Morgan fingerprint density at radius 2 is 2.27 bits per heavy atom. The van der Waals surface area contributed by atoms with Crippen LogP contribution in [0.25, 0.3) is 0 Å². The van der Waals surface area contributed by atoms with Gasteiger partial charge in [-0.2, -0.15) is 0 Å². The second kappa shape index (κ2) is 1.82. The van der Waals surface area contributed by atoms with Gasteiger partial charge in [0.1, 0.15) is 0 Å². The van der Waals surface area contributed by atoms with Crippen molar-refractivity contribution in [3.8, 4) is 0 Å². The van der Waals surface area contributed by atoms with Gasteiger partial charge in [0.15, 0.2) is 0 Å². The average Bonchev–Trinajstić information content (AvgIpc) is 2.57. The smallest absolute Gasteiger partial charge is 0.0919 e. The third-order valence-electron chi connectivity index (χ3n) is 3.67. The maximum Gasteiger partial charge on any atom is 0.0919 e. The predicted molar refractivity (Wildman–Crippen MR) is 45.3 cm³/mol. The SMILES string of the molecule is CC(C)[C@@]12C=C(O)[C@@H](C)[C@@H]1C2. The molecule has 3 atom stereocenters. The van der Waals surface area contributed by atoms with Gasteiger partial charge < -0.3 is 5.11 Å². The minimum absolute atomic E-state index is 0.392. The molecule has 1 nitrogen and oxygen atoms in total. The Hall–Kier alpha value is -0.460. The molecule has 0 aliphatic heterocycles. The van der Waals surface area contributed by atoms with Crippen molar-refractivity contribution in [1.82, 2.24) is 0 Å². The number of hydrogen-bond acceptors (Lipinski definition) is 1. The predicted octanol–water partition coefficient (Wildman–Crippen LogP) is 2.74. The summed E-state index contributed by atoms with van der Waals surface area (Å²) < 4.78 is 0. The van der Waals surface area contributed by atoms with E-state index in [1.165, 1.54) is 6.42 Å². The number of aliphatic hydroxyl groups excluding tert-OH is 1. The maximum absolute atomic E-state index is 9.47. The van der Waals surface area contributed by atoms with E-state index in [0.29, 0.717) is 23.0 Å². The van der Waals surface area contributed by atoms with E-state index in [9.17, 15) is 5.11 Å². The molecule has 1 saturated carbocycles. The molecule has 2 rings (SSSR count). The molecule has 2 aliphatic rings. The lowest BCUT2D eigenvalue weighted by molar-refractivity contribution is 0.329. The molecule has 0 spiro atoms. The van der Waals surface area contributed by atoms with E-state index in [1.807, 2.05) is 0 Å². The monoisotopic (exact) mass is 152 g/mol. The van der Waals surface area contributed by atoms with Crippen LogP contribution in [0.5, 0.6) is 0 Å². The minimum Gasteiger partial charge on any atom is -0.512 e. The molecule has 2 aliphatic carbocycles. The van der Waals surface area contributed by atoms with E-state index in [-0.39, 0.29) is 0 Å². The summed E-state index contributed by atoms with van der Waals surface area (Å²) >= 11 is 0. The highest BCUT2D eigenvalue weighted by atomic mass is 16.3. The van der Waals surface area contributed by atoms with Crippen molar-refractivity contribution in [3.63, 3.8) is 0 Å². The minimum atomic E-state index is 0.392. The Bertz CT molecular complexity index is 217. The van der Waals surface area contributed by atoms with Crippen molar-refractivity contribution in [2.75, 3.05) is 0 Å². The lowest BCUT2D eigenvalue weighted by atomic mass is 9.91. The number of hydrogen-bond donors (Lipinski definition) is 1. The fourth-order valence-electron chi connectivity index (χ4n) is 2.57. The van der Waals surface area contributed by atoms with Crippen LogP contribution in [0.3, 0.4) is 0 Å². The molecule has 1 heteroatoms. The Morgan fingerprint density at radius 3 is 2.55 bits per heavy atom. The van der Waals surface area contributed by atoms with Crippen LogP contribution in [0.15, 0.2) is 11.8 Å². The van der Waals surface area contributed by atoms with Crippen molar-refractivity contribution in [2.24, 2.45) is 23.2 Å². The molecule has 1 N–H and O–H groups in total. The first kappa shape index (κ1) is 7.20. The third-order valence-corrected chi connectivity index (χ3v) is 3.67. The van der Waals surface area contributed by atoms with E-state index in [2.05, 4.69) is 26.8 Å². The van der Waals surface area contributed by atoms with Crippen LogP contribution in [0, 0.1) is 23.2 Å². The standard InChI is InChI=1S/C10H16O/c1-6(2)10-4-8(10)7(3)9(11)5-10/h5-8,11H,4H2,1-3H3/t7-,8-,10+/m0/s1. The van der Waals surface area contributed by atoms with Crippen LogP contribution >= 0.6 is 0 Å². The Kier molecular flexibility index (Phi) is 1.19. The molecule has 11 heavy (non-hydrogen) atoms. The quantitative estimate of drug-likeness (QED) is 0.612. The number of aliphatic hydroxyl groups is 1. The molecule has 0 heterocycles. The Balaban J connectivity index is 2.25. The van der Waals surface area contributed by atoms with Crippen molar-refractivity contribution < 1.29 is 5.11 Å². The summed E-state index contributed by atoms with van der Waals surface area (Å²) in [6.07, 6.45) is 3.41. The zero-order valence-electron chi connectivity index (χ0n) is 7.46. The summed E-state index contributed by atoms with van der Waals surface area (Å²) in [6, 6.07) is 0. The highest BCUT2D eigenvalue weighted by Gasteiger charge is 2.61. The lowest BCUT2D eigenvalue weighted by Gasteiger charge is -2.12. The van der Waals surface area contributed by atoms with Gasteiger partial charge in [0.25, 0.3) is 0 Å². The molecule has 0 bridgehead atoms. The zero-order valence-corrected chi connectivity index (χ0v) is 7.46. The molecule has 62 valence electrons. The van der Waals surface area contributed by atoms with Crippen LogP contribution < -0.4 is 0 Å². The fourth-order valence-corrected chi connectivity index (χ4v) is 2.57. The summed E-state index contributed by atoms with van der Waals surface area (Å²) in [6.45, 7) is 6.64. The average molecular weight is 152 g/mol. The number of rotatable bonds is 1. The number of allylic oxidation sites excluding steroid dienone is 2. The van der Waals surface area contributed by atoms with E-state index in [4.69, 9.17) is 0 Å². The summed E-state index contributed by atoms with van der Waals surface area (Å²) in [5.74, 6) is 2.51. The highest BCUT2D eigenvalue weighted by molar-refractivity contribution is 5.28. The fraction of sp³-hybridized carbons (Fsp3) is 0.800. The van der Waals surface area contributed by atoms with Crippen molar-refractivity contribution >= 4 is 0 Å². The molecule has 0 aromatic heterocycles. The Morgan fingerprint density at radius 1 is 1.64 bits per heavy atom. The van der Waals surface area contributed by atoms with Crippen molar-refractivity contribution in [2.45, 2.75) is 27.2 Å². The lowest BCUT2D eigenvalue weighted by Crippen LogP contribution is -2.07. The van der Waals surface area contributed by atoms with E-state index in [1.54, 1.807) is 0 Å². The molecule has 0 unspecified atom stereocenters. The third kappa shape index (κ3) is 0.715. The first-order chi connectivity index (χ1) is 5.08. The van der Waals surface area contributed by atoms with Crippen LogP contribution in [0.1, 0.15) is 27.2 Å². The van der Waals surface area contributed by atoms with Crippen molar-refractivity contribution in [3.05, 3.63) is 11.8 Å². The van der Waals surface area contributed by atoms with Crippen molar-refractivity contribution in [1.29, 1.82) is 0 Å². The van der Waals surface area contributed by atoms with Crippen LogP contribution in [-0.2, 0) is 0 Å². The largest absolute Gasteiger partial charge is 0.512 e. The molecule has 0 amide bonds. The summed E-state index contributed by atoms with van der Waals surface area (Å²) in [7, 11) is 0. The normalized spacial score (nSPS) is 47.5. The van der Waals surface area contributed by atoms with E-state index in [0.717, 1.165) is 5.92 Å². The summed E-state index contributed by atoms with van der Waals surface area (Å²) in [5.41, 5.74) is 0.392. The molecular weight excluding hydrogens is 136 g/mol. The molecule has 0 saturated heterocycles. The number of fused-ring (bicyclic) bond motifs is 1. The van der Waals surface area contributed by atoms with Crippen LogP contribution in [0.4, 0.5) is 0 Å². The van der Waals surface area contributed by atoms with Gasteiger partial charge in [-0.15, -0.1) is 0 Å². The van der Waals surface area contributed by atoms with Gasteiger partial charge in [-0.05, 0) is 29.7 Å². The second-order valence-corrected chi connectivity index (χ2v) is 4.44. The van der Waals surface area contributed by atoms with Gasteiger partial charge in [0.2, 0.25) is 0 Å². The van der Waals surface area contributed by atoms with E-state index < -0.39 is 0 Å². The first-order valence-corrected chi connectivity index (χ1v) is 4.49. The van der Waals surface area contributed by atoms with Crippen LogP contribution in [0.2, 0.25) is 0 Å². The second-order valence-electron chi connectivity index (χ2n) is 4.44. The first-order valence-electron chi connectivity index (χ1n) is 4.49. The van der Waals surface area contributed by atoms with Crippen LogP contribution in [-0.4, -0.2) is 5.11 Å². The van der Waals surface area contributed by atoms with E-state index >= 15 is 0 Å². The zero-order chi connectivity index (χ0) is 8.22. The molecule has 0 aromatic rings. The van der Waals surface area contributed by atoms with Gasteiger partial charge in [0, 0.05) is 5.92 Å². The molecule has 0 radical (unpaired) electrons. The summed E-state index contributed by atoms with van der Waals surface area (Å²) in [5, 5.41) is 9.47. The van der Waals surface area contributed by atoms with Gasteiger partial charge in [-0.3, -0.25) is 0 Å². The highest BCUT2D eigenvalue weighted by Crippen LogP contribution is 2.67. The maximum atomic E-state index is 9.47.